The molecule has 1 aliphatic heterocycles. The van der Waals surface area contributed by atoms with Crippen LogP contribution in [-0.4, -0.2) is 45.7 Å². The van der Waals surface area contributed by atoms with Gasteiger partial charge >= 0.3 is 0 Å². The van der Waals surface area contributed by atoms with Crippen LogP contribution in [0.5, 0.6) is 0 Å². The van der Waals surface area contributed by atoms with Crippen LogP contribution in [0.15, 0.2) is 0 Å². The Morgan fingerprint density at radius 1 is 1.47 bits per heavy atom. The minimum Gasteiger partial charge on any atom is -0.380 e. The Bertz CT molecular complexity index is 276. The molecular weight excluding hydrogens is 214 g/mol. The number of hydrogen-bond acceptors (Lipinski definition) is 4. The summed E-state index contributed by atoms with van der Waals surface area (Å²) in [5.74, 6) is 0.335. The van der Waals surface area contributed by atoms with Crippen molar-refractivity contribution in [2.24, 2.45) is 0 Å². The number of rotatable bonds is 5. The fourth-order valence-electron chi connectivity index (χ4n) is 2.05. The van der Waals surface area contributed by atoms with Gasteiger partial charge in [-0.3, -0.25) is 0 Å². The third-order valence-corrected chi connectivity index (χ3v) is 5.29. The Kier molecular flexibility index (Phi) is 5.02. The summed E-state index contributed by atoms with van der Waals surface area (Å²) in [7, 11) is -1.11. The van der Waals surface area contributed by atoms with Crippen molar-refractivity contribution < 1.29 is 13.2 Å². The summed E-state index contributed by atoms with van der Waals surface area (Å²) in [6, 6.07) is -0.0600. The Balaban J connectivity index is 2.64. The first kappa shape index (κ1) is 12.9. The van der Waals surface area contributed by atoms with E-state index in [-0.39, 0.29) is 11.3 Å². The molecule has 15 heavy (non-hydrogen) atoms. The number of hydrogen-bond donors (Lipinski definition) is 1. The van der Waals surface area contributed by atoms with Crippen LogP contribution in [0.4, 0.5) is 0 Å². The van der Waals surface area contributed by atoms with Gasteiger partial charge in [0.05, 0.1) is 17.6 Å². The van der Waals surface area contributed by atoms with E-state index in [0.717, 1.165) is 19.3 Å². The molecule has 0 aliphatic carbocycles. The lowest BCUT2D eigenvalue weighted by Crippen LogP contribution is -2.48. The van der Waals surface area contributed by atoms with E-state index < -0.39 is 9.84 Å². The molecule has 1 saturated heterocycles. The van der Waals surface area contributed by atoms with E-state index in [1.54, 1.807) is 7.05 Å². The molecule has 0 radical (unpaired) electrons. The maximum Gasteiger partial charge on any atom is 0.154 e. The van der Waals surface area contributed by atoms with Crippen LogP contribution < -0.4 is 5.32 Å². The molecule has 1 aliphatic rings. The molecule has 0 spiro atoms. The summed E-state index contributed by atoms with van der Waals surface area (Å²) in [5, 5.41) is 2.80. The molecule has 0 aromatic rings. The Morgan fingerprint density at radius 2 is 2.20 bits per heavy atom. The van der Waals surface area contributed by atoms with Crippen molar-refractivity contribution in [3.63, 3.8) is 0 Å². The molecule has 4 nitrogen and oxygen atoms in total. The number of likely N-dealkylation sites (N-methyl/N-ethyl adjacent to an activating group) is 1. The highest BCUT2D eigenvalue weighted by atomic mass is 32.2. The maximum absolute atomic E-state index is 11.8. The summed E-state index contributed by atoms with van der Waals surface area (Å²) in [6.45, 7) is 3.03. The lowest BCUT2D eigenvalue weighted by atomic mass is 10.1. The zero-order chi connectivity index (χ0) is 11.3. The van der Waals surface area contributed by atoms with Crippen LogP contribution in [-0.2, 0) is 14.6 Å². The first-order valence-electron chi connectivity index (χ1n) is 5.58. The Hall–Kier alpha value is -0.130. The van der Waals surface area contributed by atoms with Gasteiger partial charge in [0.1, 0.15) is 0 Å². The van der Waals surface area contributed by atoms with Crippen LogP contribution >= 0.6 is 0 Å². The van der Waals surface area contributed by atoms with Crippen molar-refractivity contribution in [1.29, 1.82) is 0 Å². The van der Waals surface area contributed by atoms with E-state index in [1.807, 2.05) is 6.92 Å². The zero-order valence-electron chi connectivity index (χ0n) is 9.53. The molecule has 0 bridgehead atoms. The van der Waals surface area contributed by atoms with Crippen molar-refractivity contribution in [1.82, 2.24) is 5.32 Å². The van der Waals surface area contributed by atoms with Crippen LogP contribution in [0.2, 0.25) is 0 Å². The third kappa shape index (κ3) is 3.43. The third-order valence-electron chi connectivity index (χ3n) is 2.95. The summed E-state index contributed by atoms with van der Waals surface area (Å²) < 4.78 is 29.0. The van der Waals surface area contributed by atoms with Gasteiger partial charge in [-0.25, -0.2) is 8.42 Å². The highest BCUT2D eigenvalue weighted by molar-refractivity contribution is 7.92. The first-order chi connectivity index (χ1) is 7.11. The monoisotopic (exact) mass is 235 g/mol. The fraction of sp³-hybridized carbons (Fsp3) is 1.00. The predicted molar refractivity (Wildman–Crippen MR) is 60.8 cm³/mol. The van der Waals surface area contributed by atoms with E-state index in [2.05, 4.69) is 5.32 Å². The zero-order valence-corrected chi connectivity index (χ0v) is 10.3. The molecule has 0 aromatic carbocycles. The van der Waals surface area contributed by atoms with Crippen LogP contribution in [0.1, 0.15) is 26.2 Å². The van der Waals surface area contributed by atoms with E-state index in [1.165, 1.54) is 0 Å². The minimum absolute atomic E-state index is 0.0600. The molecule has 1 N–H and O–H groups in total. The van der Waals surface area contributed by atoms with Crippen LogP contribution in [0, 0.1) is 0 Å². The maximum atomic E-state index is 11.8. The van der Waals surface area contributed by atoms with E-state index in [4.69, 9.17) is 4.74 Å². The van der Waals surface area contributed by atoms with Gasteiger partial charge in [0.15, 0.2) is 9.84 Å². The summed E-state index contributed by atoms with van der Waals surface area (Å²) in [4.78, 5) is 0. The van der Waals surface area contributed by atoms with E-state index in [0.29, 0.717) is 19.0 Å². The topological polar surface area (TPSA) is 55.4 Å². The normalized spacial score (nSPS) is 27.5. The van der Waals surface area contributed by atoms with E-state index >= 15 is 0 Å². The minimum atomic E-state index is -2.91. The summed E-state index contributed by atoms with van der Waals surface area (Å²) >= 11 is 0. The molecule has 2 atom stereocenters. The predicted octanol–water partition coefficient (Wildman–Crippen LogP) is 0.578. The van der Waals surface area contributed by atoms with Gasteiger partial charge in [0, 0.05) is 12.6 Å². The molecular formula is C10H21NO3S. The highest BCUT2D eigenvalue weighted by Crippen LogP contribution is 2.22. The molecule has 2 unspecified atom stereocenters. The van der Waals surface area contributed by atoms with Crippen molar-refractivity contribution >= 4 is 9.84 Å². The van der Waals surface area contributed by atoms with Gasteiger partial charge in [-0.2, -0.15) is 0 Å². The van der Waals surface area contributed by atoms with Crippen molar-refractivity contribution in [2.45, 2.75) is 37.5 Å². The van der Waals surface area contributed by atoms with Gasteiger partial charge in [0.25, 0.3) is 0 Å². The van der Waals surface area contributed by atoms with Crippen LogP contribution in [0.25, 0.3) is 0 Å². The SMILES string of the molecule is CCOCC(NC)C1CCCCS1(=O)=O. The van der Waals surface area contributed by atoms with Gasteiger partial charge < -0.3 is 10.1 Å². The fourth-order valence-corrected chi connectivity index (χ4v) is 4.20. The van der Waals surface area contributed by atoms with E-state index in [9.17, 15) is 8.42 Å². The van der Waals surface area contributed by atoms with Crippen molar-refractivity contribution in [3.05, 3.63) is 0 Å². The molecule has 1 heterocycles. The first-order valence-corrected chi connectivity index (χ1v) is 7.30. The van der Waals surface area contributed by atoms with Gasteiger partial charge in [-0.1, -0.05) is 6.42 Å². The second-order valence-electron chi connectivity index (χ2n) is 3.96. The Labute approximate surface area is 92.3 Å². The molecule has 0 amide bonds. The highest BCUT2D eigenvalue weighted by Gasteiger charge is 2.34. The lowest BCUT2D eigenvalue weighted by molar-refractivity contribution is 0.122. The molecule has 0 aromatic heterocycles. The molecule has 0 saturated carbocycles. The summed E-state index contributed by atoms with van der Waals surface area (Å²) in [6.07, 6.45) is 2.58. The standard InChI is InChI=1S/C10H21NO3S/c1-3-14-8-9(11-2)10-6-4-5-7-15(10,12)13/h9-11H,3-8H2,1-2H3. The molecule has 1 rings (SSSR count). The van der Waals surface area contributed by atoms with Gasteiger partial charge in [-0.15, -0.1) is 0 Å². The average Bonchev–Trinajstić information content (AvgIpc) is 2.20. The van der Waals surface area contributed by atoms with Crippen molar-refractivity contribution in [2.75, 3.05) is 26.0 Å². The van der Waals surface area contributed by atoms with Gasteiger partial charge in [0.2, 0.25) is 0 Å². The lowest BCUT2D eigenvalue weighted by Gasteiger charge is -2.29. The Morgan fingerprint density at radius 3 is 2.73 bits per heavy atom. The second kappa shape index (κ2) is 5.82. The van der Waals surface area contributed by atoms with Crippen LogP contribution in [0.3, 0.4) is 0 Å². The second-order valence-corrected chi connectivity index (χ2v) is 6.30. The number of nitrogens with one attached hydrogen (secondary N) is 1. The molecule has 5 heteroatoms. The summed E-state index contributed by atoms with van der Waals surface area (Å²) in [5.41, 5.74) is 0. The largest absolute Gasteiger partial charge is 0.380 e. The van der Waals surface area contributed by atoms with Gasteiger partial charge in [-0.05, 0) is 26.8 Å². The van der Waals surface area contributed by atoms with Crippen molar-refractivity contribution in [3.8, 4) is 0 Å². The molecule has 90 valence electrons. The number of sulfone groups is 1. The molecule has 1 fully saturated rings. The number of ether oxygens (including phenoxy) is 1. The quantitative estimate of drug-likeness (QED) is 0.757. The smallest absolute Gasteiger partial charge is 0.154 e. The average molecular weight is 235 g/mol.